The van der Waals surface area contributed by atoms with Crippen LogP contribution in [-0.4, -0.2) is 19.3 Å². The maximum atomic E-state index is 6.74. The Morgan fingerprint density at radius 2 is 1.30 bits per heavy atom. The number of halogens is 1. The van der Waals surface area contributed by atoms with Crippen LogP contribution >= 0.6 is 11.8 Å². The number of nitrogens with zero attached hydrogens (tertiary/aromatic N) is 1. The summed E-state index contributed by atoms with van der Waals surface area (Å²) >= 11 is 6.74. The van der Waals surface area contributed by atoms with Crippen LogP contribution in [0.3, 0.4) is 0 Å². The lowest BCUT2D eigenvalue weighted by Crippen LogP contribution is -2.26. The molecule has 0 amide bonds. The maximum absolute atomic E-state index is 6.74. The largest absolute Gasteiger partial charge is 0.377 e. The second kappa shape index (κ2) is 19.6. The summed E-state index contributed by atoms with van der Waals surface area (Å²) in [6.45, 7) is 12.3. The average Bonchev–Trinajstić information content (AvgIpc) is 2.79. The van der Waals surface area contributed by atoms with E-state index in [0.717, 1.165) is 13.0 Å². The molecule has 0 saturated carbocycles. The highest BCUT2D eigenvalue weighted by molar-refractivity contribution is 6.26. The summed E-state index contributed by atoms with van der Waals surface area (Å²) in [6.07, 6.45) is 22.0. The van der Waals surface area contributed by atoms with Crippen molar-refractivity contribution >= 4 is 17.5 Å². The highest BCUT2D eigenvalue weighted by Gasteiger charge is 2.17. The van der Waals surface area contributed by atoms with E-state index in [0.29, 0.717) is 6.54 Å². The Morgan fingerprint density at radius 1 is 0.788 bits per heavy atom. The molecule has 3 heteroatoms. The smallest absolute Gasteiger partial charge is 0.0736 e. The fraction of sp³-hybridized carbons (Fsp3) is 0.800. The first-order valence-corrected chi connectivity index (χ1v) is 14.5. The number of aryl methyl sites for hydroxylation is 2. The Hall–Kier alpha value is -0.730. The zero-order valence-corrected chi connectivity index (χ0v) is 23.4. The first-order valence-electron chi connectivity index (χ1n) is 14.2. The third kappa shape index (κ3) is 13.1. The standard InChI is InChI=1S/C30H54ClNO/c1-6-9-10-11-12-13-14-15-16-17-18-19-20-21-22-28-24-23-26(4)30(29(28)7-2)32(31)25-27(5)33-8-3/h23-24,27H,6-22,25H2,1-5H3. The second-order valence-corrected chi connectivity index (χ2v) is 10.3. The number of ether oxygens (including phenoxy) is 1. The highest BCUT2D eigenvalue weighted by Crippen LogP contribution is 2.31. The third-order valence-electron chi connectivity index (χ3n) is 6.85. The van der Waals surface area contributed by atoms with Crippen LogP contribution in [0.4, 0.5) is 5.69 Å². The Kier molecular flexibility index (Phi) is 18.0. The van der Waals surface area contributed by atoms with E-state index in [1.54, 1.807) is 0 Å². The topological polar surface area (TPSA) is 12.5 Å². The second-order valence-electron chi connectivity index (χ2n) is 9.88. The molecule has 1 unspecified atom stereocenters. The molecular formula is C30H54ClNO. The van der Waals surface area contributed by atoms with Gasteiger partial charge in [-0.2, -0.15) is 0 Å². The van der Waals surface area contributed by atoms with Crippen molar-refractivity contribution in [3.8, 4) is 0 Å². The van der Waals surface area contributed by atoms with Gasteiger partial charge in [-0.3, -0.25) is 4.42 Å². The van der Waals surface area contributed by atoms with Crippen LogP contribution < -0.4 is 4.42 Å². The van der Waals surface area contributed by atoms with Crippen molar-refractivity contribution in [2.45, 2.75) is 143 Å². The van der Waals surface area contributed by atoms with E-state index in [1.807, 2.05) is 11.3 Å². The summed E-state index contributed by atoms with van der Waals surface area (Å²) in [5.74, 6) is 0. The van der Waals surface area contributed by atoms with Crippen molar-refractivity contribution in [1.82, 2.24) is 0 Å². The highest BCUT2D eigenvalue weighted by atomic mass is 35.5. The molecule has 2 nitrogen and oxygen atoms in total. The number of anilines is 1. The van der Waals surface area contributed by atoms with Crippen molar-refractivity contribution in [2.24, 2.45) is 0 Å². The van der Waals surface area contributed by atoms with Crippen molar-refractivity contribution in [1.29, 1.82) is 0 Å². The Morgan fingerprint density at radius 3 is 1.79 bits per heavy atom. The zero-order valence-electron chi connectivity index (χ0n) is 22.7. The fourth-order valence-electron chi connectivity index (χ4n) is 4.93. The van der Waals surface area contributed by atoms with E-state index in [9.17, 15) is 0 Å². The first-order chi connectivity index (χ1) is 16.0. The number of benzene rings is 1. The molecule has 1 rings (SSSR count). The minimum Gasteiger partial charge on any atom is -0.377 e. The molecule has 0 heterocycles. The lowest BCUT2D eigenvalue weighted by Gasteiger charge is -2.26. The predicted molar refractivity (Wildman–Crippen MR) is 149 cm³/mol. The van der Waals surface area contributed by atoms with E-state index >= 15 is 0 Å². The molecule has 1 aromatic carbocycles. The van der Waals surface area contributed by atoms with Gasteiger partial charge in [0.25, 0.3) is 0 Å². The molecule has 0 spiro atoms. The van der Waals surface area contributed by atoms with Gasteiger partial charge in [0.05, 0.1) is 18.3 Å². The molecule has 1 aromatic rings. The molecule has 1 atom stereocenters. The first kappa shape index (κ1) is 30.3. The van der Waals surface area contributed by atoms with Crippen LogP contribution in [0.15, 0.2) is 12.1 Å². The fourth-order valence-corrected chi connectivity index (χ4v) is 5.36. The van der Waals surface area contributed by atoms with E-state index < -0.39 is 0 Å². The van der Waals surface area contributed by atoms with Gasteiger partial charge in [-0.25, -0.2) is 0 Å². The molecule has 0 aliphatic rings. The predicted octanol–water partition coefficient (Wildman–Crippen LogP) is 9.97. The molecule has 0 radical (unpaired) electrons. The van der Waals surface area contributed by atoms with Gasteiger partial charge in [-0.05, 0) is 56.7 Å². The van der Waals surface area contributed by atoms with Crippen molar-refractivity contribution in [2.75, 3.05) is 17.6 Å². The van der Waals surface area contributed by atoms with E-state index in [4.69, 9.17) is 16.5 Å². The minimum atomic E-state index is 0.131. The van der Waals surface area contributed by atoms with Crippen LogP contribution in [0, 0.1) is 6.92 Å². The Bertz CT molecular complexity index is 603. The van der Waals surface area contributed by atoms with Crippen LogP contribution in [0.25, 0.3) is 0 Å². The molecule has 0 N–H and O–H groups in total. The van der Waals surface area contributed by atoms with E-state index in [1.165, 1.54) is 119 Å². The van der Waals surface area contributed by atoms with Crippen molar-refractivity contribution in [3.05, 3.63) is 28.8 Å². The molecule has 0 aliphatic carbocycles. The molecule has 0 fully saturated rings. The maximum Gasteiger partial charge on any atom is 0.0736 e. The quantitative estimate of drug-likeness (QED) is 0.128. The summed E-state index contributed by atoms with van der Waals surface area (Å²) < 4.78 is 7.60. The summed E-state index contributed by atoms with van der Waals surface area (Å²) in [7, 11) is 0. The Labute approximate surface area is 211 Å². The van der Waals surface area contributed by atoms with Crippen LogP contribution in [0.2, 0.25) is 0 Å². The number of hydrogen-bond donors (Lipinski definition) is 0. The van der Waals surface area contributed by atoms with E-state index in [-0.39, 0.29) is 6.10 Å². The molecule has 0 aromatic heterocycles. The molecule has 0 aliphatic heterocycles. The van der Waals surface area contributed by atoms with Gasteiger partial charge in [0, 0.05) is 18.4 Å². The van der Waals surface area contributed by atoms with Crippen molar-refractivity contribution < 1.29 is 4.74 Å². The van der Waals surface area contributed by atoms with Gasteiger partial charge in [-0.1, -0.05) is 109 Å². The number of unbranched alkanes of at least 4 members (excludes halogenated alkanes) is 13. The van der Waals surface area contributed by atoms with Crippen LogP contribution in [-0.2, 0) is 17.6 Å². The lowest BCUT2D eigenvalue weighted by molar-refractivity contribution is 0.0833. The SMILES string of the molecule is CCCCCCCCCCCCCCCCc1ccc(C)c(N(Cl)CC(C)OCC)c1CC. The van der Waals surface area contributed by atoms with Gasteiger partial charge >= 0.3 is 0 Å². The summed E-state index contributed by atoms with van der Waals surface area (Å²) in [6, 6.07) is 4.57. The number of hydrogen-bond acceptors (Lipinski definition) is 2. The minimum absolute atomic E-state index is 0.131. The van der Waals surface area contributed by atoms with Gasteiger partial charge < -0.3 is 4.74 Å². The monoisotopic (exact) mass is 479 g/mol. The van der Waals surface area contributed by atoms with Crippen molar-refractivity contribution in [3.63, 3.8) is 0 Å². The van der Waals surface area contributed by atoms with Crippen LogP contribution in [0.5, 0.6) is 0 Å². The average molecular weight is 480 g/mol. The summed E-state index contributed by atoms with van der Waals surface area (Å²) in [4.78, 5) is 0. The normalized spacial score (nSPS) is 12.3. The number of rotatable bonds is 21. The van der Waals surface area contributed by atoms with Gasteiger partial charge in [0.1, 0.15) is 0 Å². The zero-order chi connectivity index (χ0) is 24.3. The molecule has 0 saturated heterocycles. The summed E-state index contributed by atoms with van der Waals surface area (Å²) in [5, 5.41) is 0. The lowest BCUT2D eigenvalue weighted by atomic mass is 9.94. The third-order valence-corrected chi connectivity index (χ3v) is 7.15. The van der Waals surface area contributed by atoms with Gasteiger partial charge in [0.2, 0.25) is 0 Å². The molecule has 0 bridgehead atoms. The summed E-state index contributed by atoms with van der Waals surface area (Å²) in [5.41, 5.74) is 5.36. The molecule has 33 heavy (non-hydrogen) atoms. The van der Waals surface area contributed by atoms with E-state index in [2.05, 4.69) is 39.8 Å². The molecular weight excluding hydrogens is 426 g/mol. The van der Waals surface area contributed by atoms with Gasteiger partial charge in [-0.15, -0.1) is 0 Å². The Balaban J connectivity index is 2.28. The van der Waals surface area contributed by atoms with Gasteiger partial charge in [0.15, 0.2) is 0 Å². The van der Waals surface area contributed by atoms with Crippen LogP contribution in [0.1, 0.15) is 134 Å². The molecule has 192 valence electrons.